The van der Waals surface area contributed by atoms with Gasteiger partial charge in [0.2, 0.25) is 5.91 Å². The number of carbonyl (C=O) groups excluding carboxylic acids is 1. The van der Waals surface area contributed by atoms with Crippen LogP contribution in [0.2, 0.25) is 0 Å². The van der Waals surface area contributed by atoms with Gasteiger partial charge >= 0.3 is 0 Å². The molecule has 1 amide bonds. The van der Waals surface area contributed by atoms with Crippen molar-refractivity contribution in [2.45, 2.75) is 25.9 Å². The second-order valence-electron chi connectivity index (χ2n) is 6.34. The molecule has 0 fully saturated rings. The molecule has 1 unspecified atom stereocenters. The molecule has 0 radical (unpaired) electrons. The number of rotatable bonds is 4. The number of amides is 1. The van der Waals surface area contributed by atoms with Crippen molar-refractivity contribution in [2.24, 2.45) is 5.92 Å². The fourth-order valence-corrected chi connectivity index (χ4v) is 3.25. The summed E-state index contributed by atoms with van der Waals surface area (Å²) in [5.41, 5.74) is 2.82. The topological polar surface area (TPSA) is 77.0 Å². The lowest BCUT2D eigenvalue weighted by atomic mass is 9.95. The Balaban J connectivity index is 1.41. The number of nitrogens with zero attached hydrogens (tertiary/aromatic N) is 5. The van der Waals surface area contributed by atoms with Crippen molar-refractivity contribution < 1.29 is 9.32 Å². The number of aryl methyl sites for hydroxylation is 1. The van der Waals surface area contributed by atoms with Crippen LogP contribution in [-0.2, 0) is 24.3 Å². The highest BCUT2D eigenvalue weighted by molar-refractivity contribution is 5.79. The summed E-state index contributed by atoms with van der Waals surface area (Å²) in [6.45, 7) is 1.20. The normalized spacial score (nSPS) is 16.4. The molecule has 128 valence electrons. The summed E-state index contributed by atoms with van der Waals surface area (Å²) in [5, 5.41) is 8.34. The number of aromatic nitrogens is 4. The van der Waals surface area contributed by atoms with Gasteiger partial charge in [0.1, 0.15) is 5.69 Å². The van der Waals surface area contributed by atoms with E-state index in [-0.39, 0.29) is 11.8 Å². The van der Waals surface area contributed by atoms with Crippen LogP contribution in [0.3, 0.4) is 0 Å². The molecule has 7 heteroatoms. The molecule has 0 saturated carbocycles. The van der Waals surface area contributed by atoms with Crippen LogP contribution in [-0.4, -0.2) is 37.8 Å². The van der Waals surface area contributed by atoms with E-state index in [1.807, 2.05) is 36.0 Å². The zero-order valence-corrected chi connectivity index (χ0v) is 14.0. The van der Waals surface area contributed by atoms with Crippen LogP contribution in [0.25, 0.3) is 11.3 Å². The highest BCUT2D eigenvalue weighted by Crippen LogP contribution is 2.23. The van der Waals surface area contributed by atoms with Crippen molar-refractivity contribution in [2.75, 3.05) is 7.05 Å². The molecule has 4 rings (SSSR count). The first-order valence-corrected chi connectivity index (χ1v) is 8.32. The smallest absolute Gasteiger partial charge is 0.226 e. The van der Waals surface area contributed by atoms with Gasteiger partial charge in [-0.25, -0.2) is 0 Å². The molecule has 0 spiro atoms. The minimum absolute atomic E-state index is 0.00297. The Hall–Kier alpha value is -2.96. The quantitative estimate of drug-likeness (QED) is 0.729. The van der Waals surface area contributed by atoms with Crippen LogP contribution in [0.15, 0.2) is 47.4 Å². The molecule has 7 nitrogen and oxygen atoms in total. The Morgan fingerprint density at radius 2 is 2.16 bits per heavy atom. The van der Waals surface area contributed by atoms with Crippen LogP contribution in [0.1, 0.15) is 17.9 Å². The first kappa shape index (κ1) is 15.6. The van der Waals surface area contributed by atoms with E-state index in [0.717, 1.165) is 36.3 Å². The molecule has 25 heavy (non-hydrogen) atoms. The van der Waals surface area contributed by atoms with Crippen molar-refractivity contribution in [3.8, 4) is 11.3 Å². The summed E-state index contributed by atoms with van der Waals surface area (Å²) in [6, 6.07) is 7.61. The average Bonchev–Trinajstić information content (AvgIpc) is 3.30. The van der Waals surface area contributed by atoms with Crippen molar-refractivity contribution in [1.29, 1.82) is 0 Å². The zero-order valence-electron chi connectivity index (χ0n) is 14.0. The maximum absolute atomic E-state index is 12.7. The fraction of sp³-hybridized carbons (Fsp3) is 0.333. The minimum atomic E-state index is -0.00297. The van der Waals surface area contributed by atoms with Crippen LogP contribution in [0.5, 0.6) is 0 Å². The summed E-state index contributed by atoms with van der Waals surface area (Å²) in [5.74, 6) is 0.801. The number of hydrogen-bond donors (Lipinski definition) is 0. The van der Waals surface area contributed by atoms with Crippen LogP contribution < -0.4 is 0 Å². The summed E-state index contributed by atoms with van der Waals surface area (Å²) < 4.78 is 7.37. The molecule has 0 aromatic carbocycles. The molecule has 0 saturated heterocycles. The summed E-state index contributed by atoms with van der Waals surface area (Å²) >= 11 is 0. The van der Waals surface area contributed by atoms with E-state index in [4.69, 9.17) is 4.52 Å². The maximum atomic E-state index is 12.7. The third-order valence-corrected chi connectivity index (χ3v) is 4.60. The lowest BCUT2D eigenvalue weighted by Gasteiger charge is -2.26. The molecule has 3 aromatic rings. The van der Waals surface area contributed by atoms with Gasteiger partial charge < -0.3 is 9.42 Å². The van der Waals surface area contributed by atoms with Crippen LogP contribution in [0, 0.1) is 5.92 Å². The Morgan fingerprint density at radius 3 is 3.00 bits per heavy atom. The molecule has 0 aliphatic carbocycles. The average molecular weight is 337 g/mol. The summed E-state index contributed by atoms with van der Waals surface area (Å²) in [6.07, 6.45) is 6.78. The largest absolute Gasteiger partial charge is 0.359 e. The SMILES string of the molecule is CN(Cc1cc(-c2ccncc2)no1)C(=O)C1CCn2nccc2C1. The lowest BCUT2D eigenvalue weighted by molar-refractivity contribution is -0.135. The predicted octanol–water partition coefficient (Wildman–Crippen LogP) is 2.15. The predicted molar refractivity (Wildman–Crippen MR) is 90.2 cm³/mol. The van der Waals surface area contributed by atoms with Crippen LogP contribution >= 0.6 is 0 Å². The van der Waals surface area contributed by atoms with E-state index in [2.05, 4.69) is 15.2 Å². The maximum Gasteiger partial charge on any atom is 0.226 e. The first-order valence-electron chi connectivity index (χ1n) is 8.32. The van der Waals surface area contributed by atoms with E-state index in [0.29, 0.717) is 12.3 Å². The van der Waals surface area contributed by atoms with Crippen LogP contribution in [0.4, 0.5) is 0 Å². The molecule has 1 aliphatic rings. The molecule has 0 bridgehead atoms. The second-order valence-corrected chi connectivity index (χ2v) is 6.34. The molecular weight excluding hydrogens is 318 g/mol. The Bertz CT molecular complexity index is 870. The van der Waals surface area contributed by atoms with Crippen molar-refractivity contribution in [3.05, 3.63) is 54.3 Å². The molecule has 0 N–H and O–H groups in total. The van der Waals surface area contributed by atoms with Gasteiger partial charge in [0.15, 0.2) is 5.76 Å². The third kappa shape index (κ3) is 3.17. The van der Waals surface area contributed by atoms with Crippen molar-refractivity contribution >= 4 is 5.91 Å². The number of pyridine rings is 1. The van der Waals surface area contributed by atoms with Gasteiger partial charge in [-0.1, -0.05) is 5.16 Å². The van der Waals surface area contributed by atoms with E-state index in [1.165, 1.54) is 0 Å². The van der Waals surface area contributed by atoms with E-state index >= 15 is 0 Å². The highest BCUT2D eigenvalue weighted by atomic mass is 16.5. The highest BCUT2D eigenvalue weighted by Gasteiger charge is 2.27. The Labute approximate surface area is 145 Å². The van der Waals surface area contributed by atoms with Gasteiger partial charge in [-0.3, -0.25) is 14.5 Å². The number of hydrogen-bond acceptors (Lipinski definition) is 5. The summed E-state index contributed by atoms with van der Waals surface area (Å²) in [7, 11) is 1.81. The van der Waals surface area contributed by atoms with E-state index < -0.39 is 0 Å². The molecule has 4 heterocycles. The second kappa shape index (κ2) is 6.51. The fourth-order valence-electron chi connectivity index (χ4n) is 3.25. The van der Waals surface area contributed by atoms with Crippen molar-refractivity contribution in [3.63, 3.8) is 0 Å². The third-order valence-electron chi connectivity index (χ3n) is 4.60. The van der Waals surface area contributed by atoms with Gasteiger partial charge in [-0.2, -0.15) is 5.10 Å². The number of carbonyl (C=O) groups is 1. The van der Waals surface area contributed by atoms with Gasteiger partial charge in [0.25, 0.3) is 0 Å². The Kier molecular flexibility index (Phi) is 4.05. The van der Waals surface area contributed by atoms with Gasteiger partial charge in [0, 0.05) is 61.8 Å². The number of fused-ring (bicyclic) bond motifs is 1. The van der Waals surface area contributed by atoms with Gasteiger partial charge in [-0.05, 0) is 24.6 Å². The zero-order chi connectivity index (χ0) is 17.2. The van der Waals surface area contributed by atoms with E-state index in [9.17, 15) is 4.79 Å². The van der Waals surface area contributed by atoms with E-state index in [1.54, 1.807) is 23.5 Å². The summed E-state index contributed by atoms with van der Waals surface area (Å²) in [4.78, 5) is 18.4. The Morgan fingerprint density at radius 1 is 1.32 bits per heavy atom. The molecule has 3 aromatic heterocycles. The first-order chi connectivity index (χ1) is 12.2. The standard InChI is InChI=1S/C18H19N5O2/c1-22(18(24)14-5-9-23-15(10-14)4-8-20-23)12-16-11-17(21-25-16)13-2-6-19-7-3-13/h2-4,6-8,11,14H,5,9-10,12H2,1H3. The molecule has 1 aliphatic heterocycles. The van der Waals surface area contributed by atoms with Gasteiger partial charge in [-0.15, -0.1) is 0 Å². The van der Waals surface area contributed by atoms with Crippen molar-refractivity contribution in [1.82, 2.24) is 24.8 Å². The monoisotopic (exact) mass is 337 g/mol. The van der Waals surface area contributed by atoms with Gasteiger partial charge in [0.05, 0.1) is 6.54 Å². The lowest BCUT2D eigenvalue weighted by Crippen LogP contribution is -2.36. The molecule has 1 atom stereocenters. The minimum Gasteiger partial charge on any atom is -0.359 e. The molecular formula is C18H19N5O2.